The molecule has 4 aromatic rings. The van der Waals surface area contributed by atoms with Crippen molar-refractivity contribution < 1.29 is 14.0 Å². The molecule has 0 fully saturated rings. The minimum absolute atomic E-state index is 0.275. The monoisotopic (exact) mass is 437 g/mol. The highest BCUT2D eigenvalue weighted by Crippen LogP contribution is 2.21. The smallest absolute Gasteiger partial charge is 0.313 e. The normalized spacial score (nSPS) is 10.9. The molecule has 4 rings (SSSR count). The summed E-state index contributed by atoms with van der Waals surface area (Å²) >= 11 is 1.43. The maximum Gasteiger partial charge on any atom is 0.313 e. The maximum absolute atomic E-state index is 13.1. The number of rotatable bonds is 5. The number of amides is 2. The zero-order valence-corrected chi connectivity index (χ0v) is 17.8. The molecule has 31 heavy (non-hydrogen) atoms. The predicted molar refractivity (Wildman–Crippen MR) is 118 cm³/mol. The number of aromatic nitrogens is 3. The molecule has 2 heterocycles. The summed E-state index contributed by atoms with van der Waals surface area (Å²) in [5.41, 5.74) is 4.31. The van der Waals surface area contributed by atoms with Crippen LogP contribution in [0.3, 0.4) is 0 Å². The number of fused-ring (bicyclic) bond motifs is 1. The molecular weight excluding hydrogens is 417 g/mol. The van der Waals surface area contributed by atoms with Crippen LogP contribution in [0.5, 0.6) is 0 Å². The number of carbonyl (C=O) groups is 2. The van der Waals surface area contributed by atoms with Gasteiger partial charge in [0.05, 0.1) is 5.69 Å². The van der Waals surface area contributed by atoms with Crippen LogP contribution in [0.4, 0.5) is 10.1 Å². The molecule has 0 bridgehead atoms. The summed E-state index contributed by atoms with van der Waals surface area (Å²) in [7, 11) is 0. The lowest BCUT2D eigenvalue weighted by Crippen LogP contribution is -2.36. The Labute approximate surface area is 181 Å². The standard InChI is InChI=1S/C22H20FN5O2S/c1-13-3-8-17(11-14(13)2)25-21(30)20(29)24-10-9-18-12-31-22-26-19(27-28(18)22)15-4-6-16(23)7-5-15/h3-8,11-12H,9-10H2,1-2H3,(H,24,29)(H,25,30). The first kappa shape index (κ1) is 20.7. The van der Waals surface area contributed by atoms with Crippen molar-refractivity contribution in [2.75, 3.05) is 11.9 Å². The summed E-state index contributed by atoms with van der Waals surface area (Å²) < 4.78 is 14.8. The highest BCUT2D eigenvalue weighted by Gasteiger charge is 2.15. The molecule has 0 unspecified atom stereocenters. The van der Waals surface area contributed by atoms with Crippen molar-refractivity contribution in [1.29, 1.82) is 0 Å². The molecular formula is C22H20FN5O2S. The van der Waals surface area contributed by atoms with Gasteiger partial charge < -0.3 is 10.6 Å². The Morgan fingerprint density at radius 1 is 1.06 bits per heavy atom. The molecule has 0 spiro atoms. The van der Waals surface area contributed by atoms with E-state index in [0.29, 0.717) is 22.9 Å². The number of hydrogen-bond donors (Lipinski definition) is 2. The number of nitrogens with zero attached hydrogens (tertiary/aromatic N) is 3. The van der Waals surface area contributed by atoms with Crippen molar-refractivity contribution in [2.45, 2.75) is 20.3 Å². The van der Waals surface area contributed by atoms with E-state index in [-0.39, 0.29) is 12.4 Å². The van der Waals surface area contributed by atoms with Crippen LogP contribution in [0, 0.1) is 19.7 Å². The number of nitrogens with one attached hydrogen (secondary N) is 2. The number of halogens is 1. The van der Waals surface area contributed by atoms with E-state index in [0.717, 1.165) is 22.4 Å². The van der Waals surface area contributed by atoms with E-state index < -0.39 is 11.8 Å². The first-order valence-corrected chi connectivity index (χ1v) is 10.5. The van der Waals surface area contributed by atoms with Crippen molar-refractivity contribution in [3.63, 3.8) is 0 Å². The zero-order valence-electron chi connectivity index (χ0n) is 17.0. The second kappa shape index (κ2) is 8.65. The van der Waals surface area contributed by atoms with Crippen LogP contribution in [0.15, 0.2) is 47.8 Å². The number of hydrogen-bond acceptors (Lipinski definition) is 5. The van der Waals surface area contributed by atoms with Gasteiger partial charge >= 0.3 is 11.8 Å². The number of carbonyl (C=O) groups excluding carboxylic acids is 2. The first-order valence-electron chi connectivity index (χ1n) is 9.66. The van der Waals surface area contributed by atoms with Crippen LogP contribution in [0.2, 0.25) is 0 Å². The first-order chi connectivity index (χ1) is 14.9. The van der Waals surface area contributed by atoms with Gasteiger partial charge in [0, 0.05) is 29.6 Å². The number of aryl methyl sites for hydroxylation is 2. The van der Waals surface area contributed by atoms with E-state index in [1.165, 1.54) is 23.5 Å². The molecule has 0 aliphatic rings. The number of anilines is 1. The van der Waals surface area contributed by atoms with E-state index in [2.05, 4.69) is 20.7 Å². The molecule has 2 aromatic carbocycles. The van der Waals surface area contributed by atoms with Gasteiger partial charge in [0.15, 0.2) is 5.82 Å². The van der Waals surface area contributed by atoms with Crippen molar-refractivity contribution in [3.05, 3.63) is 70.5 Å². The Morgan fingerprint density at radius 3 is 2.58 bits per heavy atom. The minimum Gasteiger partial charge on any atom is -0.347 e. The van der Waals surface area contributed by atoms with Crippen LogP contribution in [0.1, 0.15) is 16.8 Å². The largest absolute Gasteiger partial charge is 0.347 e. The second-order valence-electron chi connectivity index (χ2n) is 7.12. The fourth-order valence-electron chi connectivity index (χ4n) is 3.01. The van der Waals surface area contributed by atoms with Gasteiger partial charge in [0.2, 0.25) is 4.96 Å². The molecule has 2 N–H and O–H groups in total. The van der Waals surface area contributed by atoms with Crippen molar-refractivity contribution in [2.24, 2.45) is 0 Å². The van der Waals surface area contributed by atoms with Crippen LogP contribution in [-0.2, 0) is 16.0 Å². The van der Waals surface area contributed by atoms with Gasteiger partial charge in [-0.05, 0) is 61.4 Å². The van der Waals surface area contributed by atoms with Crippen LogP contribution >= 0.6 is 11.3 Å². The fraction of sp³-hybridized carbons (Fsp3) is 0.182. The van der Waals surface area contributed by atoms with Gasteiger partial charge in [-0.3, -0.25) is 9.59 Å². The summed E-state index contributed by atoms with van der Waals surface area (Å²) in [6, 6.07) is 11.5. The van der Waals surface area contributed by atoms with E-state index in [9.17, 15) is 14.0 Å². The van der Waals surface area contributed by atoms with Gasteiger partial charge in [-0.2, -0.15) is 4.98 Å². The molecule has 0 saturated carbocycles. The molecule has 2 aromatic heterocycles. The van der Waals surface area contributed by atoms with Gasteiger partial charge in [-0.15, -0.1) is 16.4 Å². The van der Waals surface area contributed by atoms with Crippen LogP contribution in [0.25, 0.3) is 16.3 Å². The average molecular weight is 438 g/mol. The summed E-state index contributed by atoms with van der Waals surface area (Å²) in [5, 5.41) is 11.6. The lowest BCUT2D eigenvalue weighted by atomic mass is 10.1. The maximum atomic E-state index is 13.1. The van der Waals surface area contributed by atoms with E-state index >= 15 is 0 Å². The van der Waals surface area contributed by atoms with E-state index in [1.807, 2.05) is 31.4 Å². The third-order valence-corrected chi connectivity index (χ3v) is 5.75. The Morgan fingerprint density at radius 2 is 1.84 bits per heavy atom. The van der Waals surface area contributed by atoms with Gasteiger partial charge in [-0.25, -0.2) is 8.91 Å². The molecule has 0 aliphatic carbocycles. The molecule has 0 atom stereocenters. The minimum atomic E-state index is -0.710. The van der Waals surface area contributed by atoms with Crippen molar-refractivity contribution in [1.82, 2.24) is 19.9 Å². The summed E-state index contributed by atoms with van der Waals surface area (Å²) in [6.07, 6.45) is 0.481. The quantitative estimate of drug-likeness (QED) is 0.468. The van der Waals surface area contributed by atoms with Crippen LogP contribution < -0.4 is 10.6 Å². The lowest BCUT2D eigenvalue weighted by molar-refractivity contribution is -0.136. The predicted octanol–water partition coefficient (Wildman–Crippen LogP) is 3.51. The topological polar surface area (TPSA) is 88.4 Å². The number of thiazole rings is 1. The zero-order chi connectivity index (χ0) is 22.0. The molecule has 9 heteroatoms. The summed E-state index contributed by atoms with van der Waals surface area (Å²) in [4.78, 5) is 29.4. The Balaban J connectivity index is 1.35. The molecule has 0 aliphatic heterocycles. The Hall–Kier alpha value is -3.59. The third-order valence-electron chi connectivity index (χ3n) is 4.89. The van der Waals surface area contributed by atoms with Gasteiger partial charge in [0.25, 0.3) is 0 Å². The molecule has 7 nitrogen and oxygen atoms in total. The lowest BCUT2D eigenvalue weighted by Gasteiger charge is -2.08. The molecule has 2 amide bonds. The van der Waals surface area contributed by atoms with E-state index in [4.69, 9.17) is 0 Å². The average Bonchev–Trinajstić information content (AvgIpc) is 3.33. The SMILES string of the molecule is Cc1ccc(NC(=O)C(=O)NCCc2csc3nc(-c4ccc(F)cc4)nn23)cc1C. The molecule has 158 valence electrons. The van der Waals surface area contributed by atoms with Gasteiger partial charge in [0.1, 0.15) is 5.82 Å². The fourth-order valence-corrected chi connectivity index (χ4v) is 3.87. The summed E-state index contributed by atoms with van der Waals surface area (Å²) in [6.45, 7) is 4.20. The Kier molecular flexibility index (Phi) is 5.77. The highest BCUT2D eigenvalue weighted by atomic mass is 32.1. The second-order valence-corrected chi connectivity index (χ2v) is 7.96. The summed E-state index contributed by atoms with van der Waals surface area (Å²) in [5.74, 6) is -1.22. The van der Waals surface area contributed by atoms with Crippen molar-refractivity contribution >= 4 is 33.8 Å². The third kappa shape index (κ3) is 4.61. The van der Waals surface area contributed by atoms with Gasteiger partial charge in [-0.1, -0.05) is 6.07 Å². The highest BCUT2D eigenvalue weighted by molar-refractivity contribution is 7.15. The Bertz CT molecular complexity index is 1260. The molecule has 0 saturated heterocycles. The van der Waals surface area contributed by atoms with Crippen molar-refractivity contribution in [3.8, 4) is 11.4 Å². The van der Waals surface area contributed by atoms with E-state index in [1.54, 1.807) is 22.7 Å². The van der Waals surface area contributed by atoms with Crippen LogP contribution in [-0.4, -0.2) is 33.0 Å². The number of benzene rings is 2. The molecule has 0 radical (unpaired) electrons.